The van der Waals surface area contributed by atoms with Gasteiger partial charge in [-0.05, 0) is 17.7 Å². The smallest absolute Gasteiger partial charge is 0.198 e. The summed E-state index contributed by atoms with van der Waals surface area (Å²) in [5.41, 5.74) is 0.912. The molecule has 0 aliphatic rings. The highest BCUT2D eigenvalue weighted by atomic mass is 79.9. The fourth-order valence-electron chi connectivity index (χ4n) is 0.951. The summed E-state index contributed by atoms with van der Waals surface area (Å²) < 4.78 is 27.3. The van der Waals surface area contributed by atoms with Crippen LogP contribution in [0.2, 0.25) is 0 Å². The second-order valence-corrected chi connectivity index (χ2v) is 6.12. The summed E-state index contributed by atoms with van der Waals surface area (Å²) in [4.78, 5) is 0. The van der Waals surface area contributed by atoms with Crippen LogP contribution < -0.4 is 4.72 Å². The predicted octanol–water partition coefficient (Wildman–Crippen LogP) is 1.35. The van der Waals surface area contributed by atoms with Crippen molar-refractivity contribution in [2.75, 3.05) is 14.1 Å². The van der Waals surface area contributed by atoms with Gasteiger partial charge < -0.3 is 0 Å². The molecule has 1 aromatic rings. The Labute approximate surface area is 98.6 Å². The molecule has 84 valence electrons. The van der Waals surface area contributed by atoms with Gasteiger partial charge in [0.2, 0.25) is 0 Å². The van der Waals surface area contributed by atoms with Crippen LogP contribution >= 0.6 is 15.9 Å². The molecule has 0 saturated carbocycles. The van der Waals surface area contributed by atoms with E-state index in [0.29, 0.717) is 6.54 Å². The lowest BCUT2D eigenvalue weighted by atomic mass is 10.2. The summed E-state index contributed by atoms with van der Waals surface area (Å²) in [5, 5.41) is 0. The number of hydrogen-bond acceptors (Lipinski definition) is 2. The highest BCUT2D eigenvalue weighted by Crippen LogP contribution is 2.11. The van der Waals surface area contributed by atoms with Crippen molar-refractivity contribution in [3.05, 3.63) is 34.3 Å². The number of rotatable bonds is 4. The van der Waals surface area contributed by atoms with Crippen molar-refractivity contribution < 1.29 is 8.42 Å². The second-order valence-electron chi connectivity index (χ2n) is 3.24. The summed E-state index contributed by atoms with van der Waals surface area (Å²) in [5.74, 6) is 0. The lowest BCUT2D eigenvalue weighted by molar-refractivity contribution is 0.505. The second kappa shape index (κ2) is 5.07. The van der Waals surface area contributed by atoms with E-state index in [2.05, 4.69) is 20.7 Å². The molecule has 1 rings (SSSR count). The Morgan fingerprint density at radius 1 is 1.40 bits per heavy atom. The topological polar surface area (TPSA) is 49.4 Å². The van der Waals surface area contributed by atoms with Gasteiger partial charge in [0.15, 0.2) is 0 Å². The van der Waals surface area contributed by atoms with Crippen LogP contribution in [-0.2, 0) is 16.8 Å². The monoisotopic (exact) mass is 292 g/mol. The standard InChI is InChI=1S/C9H13BrN2O2S/c1-12(2)15(13,14)11-7-8-4-3-5-9(10)6-8/h3-6,11H,7H2,1-2H3. The number of nitrogens with zero attached hydrogens (tertiary/aromatic N) is 1. The number of hydrogen-bond donors (Lipinski definition) is 1. The van der Waals surface area contributed by atoms with Gasteiger partial charge in [-0.25, -0.2) is 0 Å². The van der Waals surface area contributed by atoms with E-state index in [1.54, 1.807) is 0 Å². The van der Waals surface area contributed by atoms with E-state index >= 15 is 0 Å². The fourth-order valence-corrected chi connectivity index (χ4v) is 2.00. The van der Waals surface area contributed by atoms with E-state index in [0.717, 1.165) is 14.3 Å². The first-order chi connectivity index (χ1) is 6.92. The zero-order chi connectivity index (χ0) is 11.5. The zero-order valence-corrected chi connectivity index (χ0v) is 11.0. The fraction of sp³-hybridized carbons (Fsp3) is 0.333. The summed E-state index contributed by atoms with van der Waals surface area (Å²) in [7, 11) is -0.363. The van der Waals surface area contributed by atoms with Crippen LogP contribution in [0, 0.1) is 0 Å². The Balaban J connectivity index is 2.66. The Morgan fingerprint density at radius 2 is 2.07 bits per heavy atom. The molecule has 0 bridgehead atoms. The molecule has 0 fully saturated rings. The molecule has 0 aliphatic carbocycles. The van der Waals surface area contributed by atoms with Crippen molar-refractivity contribution in [2.45, 2.75) is 6.54 Å². The van der Waals surface area contributed by atoms with Crippen molar-refractivity contribution in [3.8, 4) is 0 Å². The van der Waals surface area contributed by atoms with E-state index in [9.17, 15) is 8.42 Å². The van der Waals surface area contributed by atoms with E-state index in [1.165, 1.54) is 14.1 Å². The molecule has 0 aliphatic heterocycles. The van der Waals surface area contributed by atoms with Gasteiger partial charge in [-0.2, -0.15) is 17.4 Å². The molecular formula is C9H13BrN2O2S. The van der Waals surface area contributed by atoms with E-state index in [4.69, 9.17) is 0 Å². The number of halogens is 1. The Kier molecular flexibility index (Phi) is 4.27. The Bertz CT molecular complexity index is 431. The van der Waals surface area contributed by atoms with E-state index < -0.39 is 10.2 Å². The molecular weight excluding hydrogens is 280 g/mol. The van der Waals surface area contributed by atoms with Crippen molar-refractivity contribution in [1.82, 2.24) is 9.03 Å². The molecule has 0 heterocycles. The molecule has 6 heteroatoms. The summed E-state index contributed by atoms with van der Waals surface area (Å²) in [6, 6.07) is 7.49. The van der Waals surface area contributed by atoms with Crippen LogP contribution in [0.15, 0.2) is 28.7 Å². The molecule has 0 spiro atoms. The maximum absolute atomic E-state index is 11.4. The van der Waals surface area contributed by atoms with Gasteiger partial charge in [0.05, 0.1) is 0 Å². The quantitative estimate of drug-likeness (QED) is 0.911. The number of nitrogens with one attached hydrogen (secondary N) is 1. The molecule has 0 unspecified atom stereocenters. The van der Waals surface area contributed by atoms with Gasteiger partial charge in [-0.1, -0.05) is 28.1 Å². The highest BCUT2D eigenvalue weighted by molar-refractivity contribution is 9.10. The van der Waals surface area contributed by atoms with Crippen LogP contribution in [0.25, 0.3) is 0 Å². The molecule has 0 radical (unpaired) electrons. The zero-order valence-electron chi connectivity index (χ0n) is 8.57. The minimum Gasteiger partial charge on any atom is -0.198 e. The lowest BCUT2D eigenvalue weighted by Gasteiger charge is -2.12. The Hall–Kier alpha value is -0.430. The number of benzene rings is 1. The SMILES string of the molecule is CN(C)S(=O)(=O)NCc1cccc(Br)c1. The first kappa shape index (κ1) is 12.6. The third kappa shape index (κ3) is 3.90. The van der Waals surface area contributed by atoms with Crippen molar-refractivity contribution in [2.24, 2.45) is 0 Å². The molecule has 1 N–H and O–H groups in total. The molecule has 0 saturated heterocycles. The lowest BCUT2D eigenvalue weighted by Crippen LogP contribution is -2.35. The minimum absolute atomic E-state index is 0.292. The Morgan fingerprint density at radius 3 is 2.60 bits per heavy atom. The van der Waals surface area contributed by atoms with Crippen LogP contribution in [0.1, 0.15) is 5.56 Å². The first-order valence-electron chi connectivity index (χ1n) is 4.33. The van der Waals surface area contributed by atoms with E-state index in [-0.39, 0.29) is 0 Å². The summed E-state index contributed by atoms with van der Waals surface area (Å²) >= 11 is 3.32. The highest BCUT2D eigenvalue weighted by Gasteiger charge is 2.11. The van der Waals surface area contributed by atoms with Gasteiger partial charge in [0.25, 0.3) is 10.2 Å². The third-order valence-electron chi connectivity index (χ3n) is 1.83. The van der Waals surface area contributed by atoms with Crippen molar-refractivity contribution in [1.29, 1.82) is 0 Å². The molecule has 4 nitrogen and oxygen atoms in total. The average molecular weight is 293 g/mol. The maximum atomic E-state index is 11.4. The normalized spacial score (nSPS) is 12.0. The molecule has 0 amide bonds. The van der Waals surface area contributed by atoms with Crippen LogP contribution in [0.5, 0.6) is 0 Å². The molecule has 0 aromatic heterocycles. The third-order valence-corrected chi connectivity index (χ3v) is 3.79. The minimum atomic E-state index is -3.34. The molecule has 1 aromatic carbocycles. The van der Waals surface area contributed by atoms with Gasteiger partial charge >= 0.3 is 0 Å². The van der Waals surface area contributed by atoms with Gasteiger partial charge in [-0.15, -0.1) is 0 Å². The van der Waals surface area contributed by atoms with Gasteiger partial charge in [0, 0.05) is 25.1 Å². The van der Waals surface area contributed by atoms with Crippen molar-refractivity contribution >= 4 is 26.1 Å². The summed E-state index contributed by atoms with van der Waals surface area (Å²) in [6.45, 7) is 0.292. The largest absolute Gasteiger partial charge is 0.279 e. The first-order valence-corrected chi connectivity index (χ1v) is 6.56. The van der Waals surface area contributed by atoms with Crippen LogP contribution in [-0.4, -0.2) is 26.8 Å². The van der Waals surface area contributed by atoms with Gasteiger partial charge in [0.1, 0.15) is 0 Å². The van der Waals surface area contributed by atoms with Crippen LogP contribution in [0.3, 0.4) is 0 Å². The van der Waals surface area contributed by atoms with Gasteiger partial charge in [-0.3, -0.25) is 0 Å². The van der Waals surface area contributed by atoms with Crippen molar-refractivity contribution in [3.63, 3.8) is 0 Å². The van der Waals surface area contributed by atoms with Crippen LogP contribution in [0.4, 0.5) is 0 Å². The predicted molar refractivity (Wildman–Crippen MR) is 63.6 cm³/mol. The van der Waals surface area contributed by atoms with E-state index in [1.807, 2.05) is 24.3 Å². The summed E-state index contributed by atoms with van der Waals surface area (Å²) in [6.07, 6.45) is 0. The molecule has 0 atom stereocenters. The maximum Gasteiger partial charge on any atom is 0.279 e. The molecule has 15 heavy (non-hydrogen) atoms. The average Bonchev–Trinajstić information content (AvgIpc) is 2.15.